The van der Waals surface area contributed by atoms with Gasteiger partial charge in [-0.25, -0.2) is 0 Å². The number of halogens is 4. The molecule has 2 heterocycles. The summed E-state index contributed by atoms with van der Waals surface area (Å²) in [6, 6.07) is 5.67. The quantitative estimate of drug-likeness (QED) is 0.801. The highest BCUT2D eigenvalue weighted by atomic mass is 35.5. The molecule has 0 bridgehead atoms. The molecule has 1 unspecified atom stereocenters. The topological polar surface area (TPSA) is 44.9 Å². The number of nitrogens with one attached hydrogen (secondary N) is 2. The third-order valence-corrected chi connectivity index (χ3v) is 4.75. The summed E-state index contributed by atoms with van der Waals surface area (Å²) >= 11 is 5.98. The number of fused-ring (bicyclic) bond motifs is 2. The van der Waals surface area contributed by atoms with E-state index in [4.69, 9.17) is 11.6 Å². The average Bonchev–Trinajstić information content (AvgIpc) is 2.51. The molecule has 3 rings (SSSR count). The lowest BCUT2D eigenvalue weighted by Crippen LogP contribution is -2.47. The fourth-order valence-corrected chi connectivity index (χ4v) is 3.55. The van der Waals surface area contributed by atoms with Gasteiger partial charge in [0.1, 0.15) is 11.1 Å². The number of H-pyrrole nitrogens is 1. The minimum Gasteiger partial charge on any atom is -0.351 e. The van der Waals surface area contributed by atoms with Gasteiger partial charge in [-0.15, -0.1) is 0 Å². The Morgan fingerprint density at radius 1 is 1.21 bits per heavy atom. The number of aromatic amines is 1. The van der Waals surface area contributed by atoms with Crippen molar-refractivity contribution in [2.75, 3.05) is 5.32 Å². The standard InChI is InChI=1S/C17H16ClF3N2O/c1-2-3-7-16(17(19,20)21)11-6-8-22-15(24)14(11)23-13-5-4-10(18)9-12(13)16/h4-6,8-9,23H,2-3,7H2,1H3,(H,22,24). The number of hydrogen-bond acceptors (Lipinski definition) is 2. The zero-order valence-electron chi connectivity index (χ0n) is 12.9. The molecule has 0 saturated carbocycles. The molecule has 3 nitrogen and oxygen atoms in total. The van der Waals surface area contributed by atoms with Crippen molar-refractivity contribution in [3.05, 3.63) is 57.0 Å². The van der Waals surface area contributed by atoms with Crippen LogP contribution in [-0.4, -0.2) is 11.2 Å². The van der Waals surface area contributed by atoms with E-state index in [9.17, 15) is 18.0 Å². The molecule has 1 aliphatic heterocycles. The van der Waals surface area contributed by atoms with E-state index in [1.165, 1.54) is 30.5 Å². The van der Waals surface area contributed by atoms with E-state index in [0.717, 1.165) is 0 Å². The zero-order valence-corrected chi connectivity index (χ0v) is 13.7. The molecule has 1 atom stereocenters. The highest BCUT2D eigenvalue weighted by molar-refractivity contribution is 6.30. The van der Waals surface area contributed by atoms with Crippen molar-refractivity contribution >= 4 is 23.0 Å². The highest BCUT2D eigenvalue weighted by Crippen LogP contribution is 2.56. The average molecular weight is 357 g/mol. The lowest BCUT2D eigenvalue weighted by atomic mass is 9.68. The third-order valence-electron chi connectivity index (χ3n) is 4.51. The molecule has 1 aliphatic rings. The Balaban J connectivity index is 2.40. The van der Waals surface area contributed by atoms with Crippen molar-refractivity contribution in [1.82, 2.24) is 4.98 Å². The Kier molecular flexibility index (Phi) is 4.11. The van der Waals surface area contributed by atoms with Crippen LogP contribution in [0.5, 0.6) is 0 Å². The van der Waals surface area contributed by atoms with Gasteiger partial charge in [0.25, 0.3) is 5.56 Å². The molecular weight excluding hydrogens is 341 g/mol. The van der Waals surface area contributed by atoms with E-state index in [2.05, 4.69) is 10.3 Å². The van der Waals surface area contributed by atoms with Crippen LogP contribution in [0.3, 0.4) is 0 Å². The number of hydrogen-bond donors (Lipinski definition) is 2. The van der Waals surface area contributed by atoms with E-state index in [1.54, 1.807) is 0 Å². The second kappa shape index (κ2) is 5.84. The summed E-state index contributed by atoms with van der Waals surface area (Å²) in [6.45, 7) is 1.84. The molecule has 1 aromatic heterocycles. The zero-order chi connectivity index (χ0) is 17.5. The molecule has 0 saturated heterocycles. The van der Waals surface area contributed by atoms with Crippen molar-refractivity contribution in [2.24, 2.45) is 0 Å². The molecule has 24 heavy (non-hydrogen) atoms. The number of unbranched alkanes of at least 4 members (excludes halogenated alkanes) is 1. The lowest BCUT2D eigenvalue weighted by molar-refractivity contribution is -0.180. The normalized spacial score (nSPS) is 19.4. The molecule has 0 radical (unpaired) electrons. The van der Waals surface area contributed by atoms with Gasteiger partial charge in [0, 0.05) is 22.5 Å². The van der Waals surface area contributed by atoms with Gasteiger partial charge in [-0.2, -0.15) is 13.2 Å². The first-order valence-electron chi connectivity index (χ1n) is 7.67. The molecule has 2 N–H and O–H groups in total. The van der Waals surface area contributed by atoms with Crippen LogP contribution in [0.2, 0.25) is 5.02 Å². The van der Waals surface area contributed by atoms with Crippen LogP contribution in [0, 0.1) is 0 Å². The second-order valence-corrected chi connectivity index (χ2v) is 6.35. The summed E-state index contributed by atoms with van der Waals surface area (Å²) in [5, 5.41) is 3.07. The minimum absolute atomic E-state index is 0.0537. The van der Waals surface area contributed by atoms with Gasteiger partial charge in [-0.05, 0) is 36.2 Å². The van der Waals surface area contributed by atoms with Crippen molar-refractivity contribution in [2.45, 2.75) is 37.8 Å². The SMILES string of the molecule is CCCCC1(C(F)(F)F)c2cc(Cl)ccc2Nc2c1cc[nH]c2=O. The molecule has 7 heteroatoms. The number of pyridine rings is 1. The van der Waals surface area contributed by atoms with Gasteiger partial charge in [0.15, 0.2) is 0 Å². The fourth-order valence-electron chi connectivity index (χ4n) is 3.37. The molecule has 128 valence electrons. The van der Waals surface area contributed by atoms with Gasteiger partial charge in [0.2, 0.25) is 0 Å². The fraction of sp³-hybridized carbons (Fsp3) is 0.353. The smallest absolute Gasteiger partial charge is 0.351 e. The first kappa shape index (κ1) is 16.9. The Morgan fingerprint density at radius 3 is 2.62 bits per heavy atom. The maximum absolute atomic E-state index is 14.4. The molecule has 0 aliphatic carbocycles. The van der Waals surface area contributed by atoms with E-state index < -0.39 is 17.2 Å². The van der Waals surface area contributed by atoms with E-state index in [0.29, 0.717) is 12.8 Å². The van der Waals surface area contributed by atoms with Gasteiger partial charge in [0.05, 0.1) is 0 Å². The van der Waals surface area contributed by atoms with Crippen LogP contribution in [0.25, 0.3) is 0 Å². The molecule has 0 amide bonds. The monoisotopic (exact) mass is 356 g/mol. The summed E-state index contributed by atoms with van der Waals surface area (Å²) in [5.74, 6) is 0. The van der Waals surface area contributed by atoms with E-state index in [1.807, 2.05) is 6.92 Å². The lowest BCUT2D eigenvalue weighted by Gasteiger charge is -2.42. The predicted octanol–water partition coefficient (Wildman–Crippen LogP) is 5.12. The van der Waals surface area contributed by atoms with Crippen molar-refractivity contribution in [1.29, 1.82) is 0 Å². The minimum atomic E-state index is -4.56. The first-order valence-corrected chi connectivity index (χ1v) is 8.05. The van der Waals surface area contributed by atoms with Crippen LogP contribution in [0.4, 0.5) is 24.5 Å². The molecule has 2 aromatic rings. The Labute approximate surface area is 141 Å². The van der Waals surface area contributed by atoms with Crippen LogP contribution < -0.4 is 10.9 Å². The Bertz CT molecular complexity index is 831. The van der Waals surface area contributed by atoms with Gasteiger partial charge in [-0.1, -0.05) is 31.4 Å². The summed E-state index contributed by atoms with van der Waals surface area (Å²) in [7, 11) is 0. The van der Waals surface area contributed by atoms with E-state index in [-0.39, 0.29) is 33.9 Å². The summed E-state index contributed by atoms with van der Waals surface area (Å²) in [6.07, 6.45) is -2.47. The summed E-state index contributed by atoms with van der Waals surface area (Å²) in [5.41, 5.74) is -2.61. The number of benzene rings is 1. The van der Waals surface area contributed by atoms with Crippen LogP contribution in [0.1, 0.15) is 37.3 Å². The van der Waals surface area contributed by atoms with Gasteiger partial charge in [-0.3, -0.25) is 4.79 Å². The van der Waals surface area contributed by atoms with Gasteiger partial charge >= 0.3 is 6.18 Å². The second-order valence-electron chi connectivity index (χ2n) is 5.92. The van der Waals surface area contributed by atoms with Crippen molar-refractivity contribution in [3.8, 4) is 0 Å². The summed E-state index contributed by atoms with van der Waals surface area (Å²) in [4.78, 5) is 14.6. The number of aromatic nitrogens is 1. The Hall–Kier alpha value is -1.95. The highest BCUT2D eigenvalue weighted by Gasteiger charge is 2.59. The molecular formula is C17H16ClF3N2O. The largest absolute Gasteiger partial charge is 0.402 e. The molecule has 1 aromatic carbocycles. The number of anilines is 2. The van der Waals surface area contributed by atoms with Crippen molar-refractivity contribution < 1.29 is 13.2 Å². The maximum Gasteiger partial charge on any atom is 0.402 e. The van der Waals surface area contributed by atoms with Crippen LogP contribution in [-0.2, 0) is 5.41 Å². The third kappa shape index (κ3) is 2.40. The van der Waals surface area contributed by atoms with Crippen LogP contribution >= 0.6 is 11.6 Å². The van der Waals surface area contributed by atoms with E-state index >= 15 is 0 Å². The molecule has 0 spiro atoms. The van der Waals surface area contributed by atoms with Crippen molar-refractivity contribution in [3.63, 3.8) is 0 Å². The summed E-state index contributed by atoms with van der Waals surface area (Å²) < 4.78 is 43.1. The maximum atomic E-state index is 14.4. The molecule has 0 fully saturated rings. The first-order chi connectivity index (χ1) is 11.3. The number of alkyl halides is 3. The number of rotatable bonds is 3. The Morgan fingerprint density at radius 2 is 1.96 bits per heavy atom. The predicted molar refractivity (Wildman–Crippen MR) is 88.2 cm³/mol. The van der Waals surface area contributed by atoms with Gasteiger partial charge < -0.3 is 10.3 Å². The van der Waals surface area contributed by atoms with Crippen LogP contribution in [0.15, 0.2) is 35.3 Å².